The first kappa shape index (κ1) is 13.4. The van der Waals surface area contributed by atoms with Gasteiger partial charge in [-0.2, -0.15) is 0 Å². The molecular formula is C14H19F2NO. The molecule has 0 aromatic heterocycles. The van der Waals surface area contributed by atoms with E-state index in [4.69, 9.17) is 4.74 Å². The van der Waals surface area contributed by atoms with Gasteiger partial charge in [-0.05, 0) is 38.9 Å². The van der Waals surface area contributed by atoms with Crippen LogP contribution in [0.1, 0.15) is 30.5 Å². The van der Waals surface area contributed by atoms with Crippen molar-refractivity contribution < 1.29 is 13.5 Å². The van der Waals surface area contributed by atoms with Gasteiger partial charge in [0.15, 0.2) is 0 Å². The molecular weight excluding hydrogens is 236 g/mol. The molecule has 0 aliphatic carbocycles. The maximum absolute atomic E-state index is 14.2. The molecule has 0 bridgehead atoms. The van der Waals surface area contributed by atoms with E-state index in [9.17, 15) is 8.78 Å². The zero-order valence-corrected chi connectivity index (χ0v) is 11.0. The highest BCUT2D eigenvalue weighted by molar-refractivity contribution is 5.30. The maximum Gasteiger partial charge on any atom is 0.133 e. The minimum Gasteiger partial charge on any atom is -0.378 e. The first-order chi connectivity index (χ1) is 8.56. The summed E-state index contributed by atoms with van der Waals surface area (Å²) in [5.74, 6) is -0.842. The Bertz CT molecular complexity index is 436. The minimum absolute atomic E-state index is 0.0155. The summed E-state index contributed by atoms with van der Waals surface area (Å²) in [5, 5.41) is 3.04. The van der Waals surface area contributed by atoms with Crippen LogP contribution in [0.4, 0.5) is 8.78 Å². The fraction of sp³-hybridized carbons (Fsp3) is 0.571. The number of hydrogen-bond donors (Lipinski definition) is 1. The zero-order valence-electron chi connectivity index (χ0n) is 11.0. The molecule has 2 rings (SSSR count). The van der Waals surface area contributed by atoms with Crippen LogP contribution in [0, 0.1) is 24.5 Å². The first-order valence-corrected chi connectivity index (χ1v) is 6.29. The van der Waals surface area contributed by atoms with Gasteiger partial charge in [-0.1, -0.05) is 6.07 Å². The number of aryl methyl sites for hydroxylation is 1. The lowest BCUT2D eigenvalue weighted by Gasteiger charge is -2.27. The summed E-state index contributed by atoms with van der Waals surface area (Å²) in [7, 11) is 1.73. The van der Waals surface area contributed by atoms with Crippen LogP contribution in [0.3, 0.4) is 0 Å². The van der Waals surface area contributed by atoms with Crippen molar-refractivity contribution in [3.63, 3.8) is 0 Å². The van der Waals surface area contributed by atoms with Gasteiger partial charge >= 0.3 is 0 Å². The summed E-state index contributed by atoms with van der Waals surface area (Å²) < 4.78 is 33.6. The van der Waals surface area contributed by atoms with Gasteiger partial charge in [0.2, 0.25) is 0 Å². The van der Waals surface area contributed by atoms with Crippen molar-refractivity contribution in [2.75, 3.05) is 13.7 Å². The molecule has 3 atom stereocenters. The van der Waals surface area contributed by atoms with Crippen molar-refractivity contribution in [1.29, 1.82) is 0 Å². The molecule has 1 heterocycles. The predicted octanol–water partition coefficient (Wildman–Crippen LogP) is 2.96. The normalized spacial score (nSPS) is 25.4. The van der Waals surface area contributed by atoms with Gasteiger partial charge in [-0.15, -0.1) is 0 Å². The van der Waals surface area contributed by atoms with Crippen molar-refractivity contribution in [3.8, 4) is 0 Å². The molecule has 100 valence electrons. The third kappa shape index (κ3) is 2.27. The van der Waals surface area contributed by atoms with E-state index in [1.165, 1.54) is 12.1 Å². The molecule has 1 fully saturated rings. The topological polar surface area (TPSA) is 21.3 Å². The highest BCUT2D eigenvalue weighted by Gasteiger charge is 2.35. The third-order valence-electron chi connectivity index (χ3n) is 3.80. The fourth-order valence-electron chi connectivity index (χ4n) is 2.72. The van der Waals surface area contributed by atoms with E-state index in [2.05, 4.69) is 5.32 Å². The second-order valence-corrected chi connectivity index (χ2v) is 4.89. The minimum atomic E-state index is -0.489. The van der Waals surface area contributed by atoms with Gasteiger partial charge < -0.3 is 10.1 Å². The predicted molar refractivity (Wildman–Crippen MR) is 66.4 cm³/mol. The number of ether oxygens (including phenoxy) is 1. The smallest absolute Gasteiger partial charge is 0.133 e. The number of nitrogens with one attached hydrogen (secondary N) is 1. The lowest BCUT2D eigenvalue weighted by molar-refractivity contribution is 0.0954. The molecule has 1 saturated heterocycles. The van der Waals surface area contributed by atoms with Gasteiger partial charge in [-0.3, -0.25) is 0 Å². The fourth-order valence-corrected chi connectivity index (χ4v) is 2.72. The van der Waals surface area contributed by atoms with Crippen LogP contribution in [0.5, 0.6) is 0 Å². The number of rotatable bonds is 3. The number of halogens is 2. The van der Waals surface area contributed by atoms with Crippen LogP contribution in [0.2, 0.25) is 0 Å². The van der Waals surface area contributed by atoms with Crippen LogP contribution >= 0.6 is 0 Å². The van der Waals surface area contributed by atoms with Gasteiger partial charge in [0, 0.05) is 24.1 Å². The Morgan fingerprint density at radius 1 is 1.39 bits per heavy atom. The molecule has 1 aliphatic heterocycles. The Kier molecular flexibility index (Phi) is 3.97. The summed E-state index contributed by atoms with van der Waals surface area (Å²) in [6.07, 6.45) is 0.834. The molecule has 0 saturated carbocycles. The maximum atomic E-state index is 14.2. The molecule has 1 aromatic carbocycles. The Morgan fingerprint density at radius 2 is 2.11 bits per heavy atom. The molecule has 18 heavy (non-hydrogen) atoms. The van der Waals surface area contributed by atoms with E-state index in [-0.39, 0.29) is 23.6 Å². The van der Waals surface area contributed by atoms with Gasteiger partial charge in [-0.25, -0.2) is 8.78 Å². The number of hydrogen-bond acceptors (Lipinski definition) is 2. The lowest BCUT2D eigenvalue weighted by atomic mass is 9.87. The van der Waals surface area contributed by atoms with E-state index >= 15 is 0 Å². The Labute approximate surface area is 106 Å². The molecule has 0 radical (unpaired) electrons. The van der Waals surface area contributed by atoms with E-state index in [1.807, 2.05) is 6.92 Å². The summed E-state index contributed by atoms with van der Waals surface area (Å²) in [4.78, 5) is 0. The highest BCUT2D eigenvalue weighted by Crippen LogP contribution is 2.35. The highest BCUT2D eigenvalue weighted by atomic mass is 19.1. The van der Waals surface area contributed by atoms with Crippen molar-refractivity contribution >= 4 is 0 Å². The second-order valence-electron chi connectivity index (χ2n) is 4.89. The van der Waals surface area contributed by atoms with Crippen LogP contribution in [-0.4, -0.2) is 19.8 Å². The largest absolute Gasteiger partial charge is 0.378 e. The van der Waals surface area contributed by atoms with Crippen LogP contribution < -0.4 is 5.32 Å². The van der Waals surface area contributed by atoms with Gasteiger partial charge in [0.05, 0.1) is 6.10 Å². The summed E-state index contributed by atoms with van der Waals surface area (Å²) in [6.45, 7) is 4.26. The SMILES string of the molecule is CNC(c1c(F)ccc(C)c1F)C1CCOC1C. The van der Waals surface area contributed by atoms with Gasteiger partial charge in [0.25, 0.3) is 0 Å². The van der Waals surface area contributed by atoms with E-state index in [0.29, 0.717) is 12.2 Å². The Hall–Kier alpha value is -1.00. The molecule has 3 unspecified atom stereocenters. The molecule has 4 heteroatoms. The van der Waals surface area contributed by atoms with Crippen LogP contribution in [0.15, 0.2) is 12.1 Å². The monoisotopic (exact) mass is 255 g/mol. The average Bonchev–Trinajstić information content (AvgIpc) is 2.76. The molecule has 1 N–H and O–H groups in total. The molecule has 2 nitrogen and oxygen atoms in total. The van der Waals surface area contributed by atoms with Gasteiger partial charge in [0.1, 0.15) is 11.6 Å². The first-order valence-electron chi connectivity index (χ1n) is 6.29. The van der Waals surface area contributed by atoms with Crippen LogP contribution in [-0.2, 0) is 4.74 Å². The third-order valence-corrected chi connectivity index (χ3v) is 3.80. The number of benzene rings is 1. The van der Waals surface area contributed by atoms with Crippen molar-refractivity contribution in [3.05, 3.63) is 34.9 Å². The van der Waals surface area contributed by atoms with Crippen molar-refractivity contribution in [2.45, 2.75) is 32.4 Å². The Balaban J connectivity index is 2.41. The van der Waals surface area contributed by atoms with Crippen LogP contribution in [0.25, 0.3) is 0 Å². The Morgan fingerprint density at radius 3 is 2.67 bits per heavy atom. The zero-order chi connectivity index (χ0) is 13.3. The van der Waals surface area contributed by atoms with Crippen molar-refractivity contribution in [1.82, 2.24) is 5.32 Å². The van der Waals surface area contributed by atoms with E-state index < -0.39 is 11.6 Å². The van der Waals surface area contributed by atoms with E-state index in [1.54, 1.807) is 14.0 Å². The molecule has 0 spiro atoms. The molecule has 1 aliphatic rings. The second kappa shape index (κ2) is 5.33. The average molecular weight is 255 g/mol. The summed E-state index contributed by atoms with van der Waals surface area (Å²) in [6, 6.07) is 2.45. The molecule has 0 amide bonds. The summed E-state index contributed by atoms with van der Waals surface area (Å²) >= 11 is 0. The lowest BCUT2D eigenvalue weighted by Crippen LogP contribution is -2.31. The molecule has 1 aromatic rings. The standard InChI is InChI=1S/C14H19F2NO/c1-8-4-5-11(15)12(13(8)16)14(17-3)10-6-7-18-9(10)2/h4-5,9-10,14,17H,6-7H2,1-3H3. The summed E-state index contributed by atoms with van der Waals surface area (Å²) in [5.41, 5.74) is 0.609. The quantitative estimate of drug-likeness (QED) is 0.896. The van der Waals surface area contributed by atoms with E-state index in [0.717, 1.165) is 6.42 Å². The van der Waals surface area contributed by atoms with Crippen molar-refractivity contribution in [2.24, 2.45) is 5.92 Å².